The summed E-state index contributed by atoms with van der Waals surface area (Å²) in [7, 11) is -3.85. The summed E-state index contributed by atoms with van der Waals surface area (Å²) in [5.74, 6) is -0.0882. The van der Waals surface area contributed by atoms with E-state index in [0.717, 1.165) is 11.6 Å². The average molecular weight is 424 g/mol. The normalized spacial score (nSPS) is 15.4. The van der Waals surface area contributed by atoms with Crippen LogP contribution in [0.15, 0.2) is 53.4 Å². The SMILES string of the molecule is O=C(Cc1ccc(Cl)cc1)N1CCN(S(=O)(=O)c2cccc([N+](=O)[O-])c2)CC1. The Morgan fingerprint density at radius 1 is 1.07 bits per heavy atom. The van der Waals surface area contributed by atoms with Gasteiger partial charge in [-0.15, -0.1) is 0 Å². The Morgan fingerprint density at radius 3 is 2.32 bits per heavy atom. The van der Waals surface area contributed by atoms with Gasteiger partial charge in [-0.1, -0.05) is 29.8 Å². The number of carbonyl (C=O) groups is 1. The molecule has 0 N–H and O–H groups in total. The number of piperazine rings is 1. The van der Waals surface area contributed by atoms with Crippen LogP contribution >= 0.6 is 11.6 Å². The van der Waals surface area contributed by atoms with Crippen LogP contribution in [0.1, 0.15) is 5.56 Å². The van der Waals surface area contributed by atoms with E-state index in [-0.39, 0.29) is 49.1 Å². The fraction of sp³-hybridized carbons (Fsp3) is 0.278. The molecule has 10 heteroatoms. The number of non-ortho nitro benzene ring substituents is 1. The van der Waals surface area contributed by atoms with Gasteiger partial charge in [0.15, 0.2) is 0 Å². The van der Waals surface area contributed by atoms with Crippen LogP contribution in [-0.2, 0) is 21.2 Å². The van der Waals surface area contributed by atoms with Gasteiger partial charge in [0.1, 0.15) is 0 Å². The predicted molar refractivity (Wildman–Crippen MR) is 104 cm³/mol. The van der Waals surface area contributed by atoms with Crippen molar-refractivity contribution in [3.8, 4) is 0 Å². The number of sulfonamides is 1. The Hall–Kier alpha value is -2.49. The molecule has 1 saturated heterocycles. The van der Waals surface area contributed by atoms with E-state index >= 15 is 0 Å². The maximum atomic E-state index is 12.7. The maximum Gasteiger partial charge on any atom is 0.270 e. The summed E-state index contributed by atoms with van der Waals surface area (Å²) in [6.45, 7) is 0.802. The lowest BCUT2D eigenvalue weighted by Crippen LogP contribution is -2.50. The number of nitro benzene ring substituents is 1. The van der Waals surface area contributed by atoms with E-state index in [2.05, 4.69) is 0 Å². The summed E-state index contributed by atoms with van der Waals surface area (Å²) < 4.78 is 26.7. The summed E-state index contributed by atoms with van der Waals surface area (Å²) in [5, 5.41) is 11.5. The Morgan fingerprint density at radius 2 is 1.71 bits per heavy atom. The Kier molecular flexibility index (Phi) is 5.97. The summed E-state index contributed by atoms with van der Waals surface area (Å²) >= 11 is 5.84. The molecule has 1 aliphatic rings. The maximum absolute atomic E-state index is 12.7. The second kappa shape index (κ2) is 8.26. The molecule has 0 aromatic heterocycles. The van der Waals surface area contributed by atoms with Crippen molar-refractivity contribution in [3.05, 3.63) is 69.2 Å². The lowest BCUT2D eigenvalue weighted by atomic mass is 10.1. The van der Waals surface area contributed by atoms with Gasteiger partial charge in [-0.05, 0) is 23.8 Å². The molecule has 0 spiro atoms. The predicted octanol–water partition coefficient (Wildman–Crippen LogP) is 2.32. The number of hydrogen-bond donors (Lipinski definition) is 0. The van der Waals surface area contributed by atoms with Crippen LogP contribution in [0.2, 0.25) is 5.02 Å². The molecule has 3 rings (SSSR count). The third kappa shape index (κ3) is 4.49. The van der Waals surface area contributed by atoms with E-state index in [1.807, 2.05) is 0 Å². The minimum atomic E-state index is -3.85. The molecule has 2 aromatic carbocycles. The van der Waals surface area contributed by atoms with Crippen LogP contribution in [0, 0.1) is 10.1 Å². The molecule has 148 valence electrons. The molecule has 8 nitrogen and oxygen atoms in total. The second-order valence-electron chi connectivity index (χ2n) is 6.34. The van der Waals surface area contributed by atoms with Gasteiger partial charge in [0, 0.05) is 43.3 Å². The third-order valence-electron chi connectivity index (χ3n) is 4.53. The molecule has 28 heavy (non-hydrogen) atoms. The summed E-state index contributed by atoms with van der Waals surface area (Å²) in [4.78, 5) is 24.2. The number of carbonyl (C=O) groups excluding carboxylic acids is 1. The zero-order chi connectivity index (χ0) is 20.3. The first-order valence-electron chi connectivity index (χ1n) is 8.54. The van der Waals surface area contributed by atoms with Gasteiger partial charge in [0.05, 0.1) is 16.2 Å². The Labute approximate surface area is 167 Å². The van der Waals surface area contributed by atoms with Gasteiger partial charge in [-0.3, -0.25) is 14.9 Å². The van der Waals surface area contributed by atoms with Crippen molar-refractivity contribution in [1.82, 2.24) is 9.21 Å². The van der Waals surface area contributed by atoms with E-state index in [4.69, 9.17) is 11.6 Å². The van der Waals surface area contributed by atoms with Gasteiger partial charge < -0.3 is 4.90 Å². The molecule has 1 aliphatic heterocycles. The topological polar surface area (TPSA) is 101 Å². The number of amides is 1. The Bertz CT molecular complexity index is 987. The fourth-order valence-corrected chi connectivity index (χ4v) is 4.56. The number of hydrogen-bond acceptors (Lipinski definition) is 5. The van der Waals surface area contributed by atoms with Crippen LogP contribution in [-0.4, -0.2) is 54.6 Å². The molecular formula is C18H18ClN3O5S. The van der Waals surface area contributed by atoms with Crippen molar-refractivity contribution in [1.29, 1.82) is 0 Å². The van der Waals surface area contributed by atoms with E-state index in [1.54, 1.807) is 29.2 Å². The van der Waals surface area contributed by atoms with Gasteiger partial charge in [-0.25, -0.2) is 8.42 Å². The first kappa shape index (κ1) is 20.2. The van der Waals surface area contributed by atoms with Crippen LogP contribution in [0.5, 0.6) is 0 Å². The number of nitrogens with zero attached hydrogens (tertiary/aromatic N) is 3. The van der Waals surface area contributed by atoms with Gasteiger partial charge in [0.25, 0.3) is 5.69 Å². The molecule has 1 amide bonds. The Balaban J connectivity index is 1.64. The number of nitro groups is 1. The van der Waals surface area contributed by atoms with Crippen LogP contribution < -0.4 is 0 Å². The van der Waals surface area contributed by atoms with Gasteiger partial charge in [0.2, 0.25) is 15.9 Å². The molecule has 0 unspecified atom stereocenters. The van der Waals surface area contributed by atoms with Gasteiger partial charge in [-0.2, -0.15) is 4.31 Å². The highest BCUT2D eigenvalue weighted by molar-refractivity contribution is 7.89. The molecule has 2 aromatic rings. The van der Waals surface area contributed by atoms with Gasteiger partial charge >= 0.3 is 0 Å². The largest absolute Gasteiger partial charge is 0.340 e. The zero-order valence-corrected chi connectivity index (χ0v) is 16.4. The average Bonchev–Trinajstić information content (AvgIpc) is 2.70. The first-order valence-corrected chi connectivity index (χ1v) is 10.4. The lowest BCUT2D eigenvalue weighted by molar-refractivity contribution is -0.385. The smallest absolute Gasteiger partial charge is 0.270 e. The minimum Gasteiger partial charge on any atom is -0.340 e. The van der Waals surface area contributed by atoms with Crippen molar-refractivity contribution in [2.75, 3.05) is 26.2 Å². The molecular weight excluding hydrogens is 406 g/mol. The monoisotopic (exact) mass is 423 g/mol. The van der Waals surface area contributed by atoms with E-state index in [9.17, 15) is 23.3 Å². The standard InChI is InChI=1S/C18H18ClN3O5S/c19-15-6-4-14(5-7-15)12-18(23)20-8-10-21(11-9-20)28(26,27)17-3-1-2-16(13-17)22(24)25/h1-7,13H,8-12H2. The molecule has 0 atom stereocenters. The van der Waals surface area contributed by atoms with Crippen molar-refractivity contribution in [2.24, 2.45) is 0 Å². The van der Waals surface area contributed by atoms with Crippen molar-refractivity contribution in [2.45, 2.75) is 11.3 Å². The highest BCUT2D eigenvalue weighted by atomic mass is 35.5. The summed E-state index contributed by atoms with van der Waals surface area (Å²) in [6, 6.07) is 12.0. The third-order valence-corrected chi connectivity index (χ3v) is 6.67. The van der Waals surface area contributed by atoms with E-state index in [1.165, 1.54) is 22.5 Å². The van der Waals surface area contributed by atoms with E-state index in [0.29, 0.717) is 5.02 Å². The number of rotatable bonds is 5. The second-order valence-corrected chi connectivity index (χ2v) is 8.72. The number of halogens is 1. The molecule has 0 radical (unpaired) electrons. The first-order chi connectivity index (χ1) is 13.3. The minimum absolute atomic E-state index is 0.0882. The molecule has 0 aliphatic carbocycles. The molecule has 0 saturated carbocycles. The van der Waals surface area contributed by atoms with Crippen molar-refractivity contribution >= 4 is 33.2 Å². The number of benzene rings is 2. The quantitative estimate of drug-likeness (QED) is 0.542. The zero-order valence-electron chi connectivity index (χ0n) is 14.8. The van der Waals surface area contributed by atoms with E-state index < -0.39 is 14.9 Å². The summed E-state index contributed by atoms with van der Waals surface area (Å²) in [6.07, 6.45) is 0.217. The molecule has 0 bridgehead atoms. The highest BCUT2D eigenvalue weighted by Crippen LogP contribution is 2.22. The lowest BCUT2D eigenvalue weighted by Gasteiger charge is -2.34. The van der Waals surface area contributed by atoms with Crippen LogP contribution in [0.3, 0.4) is 0 Å². The van der Waals surface area contributed by atoms with Crippen LogP contribution in [0.4, 0.5) is 5.69 Å². The molecule has 1 heterocycles. The fourth-order valence-electron chi connectivity index (χ4n) is 2.97. The summed E-state index contributed by atoms with van der Waals surface area (Å²) in [5.41, 5.74) is 0.555. The van der Waals surface area contributed by atoms with Crippen LogP contribution in [0.25, 0.3) is 0 Å². The highest BCUT2D eigenvalue weighted by Gasteiger charge is 2.30. The molecule has 1 fully saturated rings. The van der Waals surface area contributed by atoms with Crippen molar-refractivity contribution in [3.63, 3.8) is 0 Å². The van der Waals surface area contributed by atoms with Crippen molar-refractivity contribution < 1.29 is 18.1 Å².